The largest absolute Gasteiger partial charge is 0.354 e. The van der Waals surface area contributed by atoms with E-state index in [9.17, 15) is 13.9 Å². The molecule has 0 amide bonds. The Morgan fingerprint density at radius 2 is 2.18 bits per heavy atom. The standard InChI is InChI=1S/C13H15Cl2N3O3S/c1-8-5-17(2-3-22(8,20)21)13-9(6-19)4-10(14)11-12(15)16-7-18(11)13/h4,6-8,20-21H,2-3,5H2,1H3. The summed E-state index contributed by atoms with van der Waals surface area (Å²) >= 11 is 12.2. The molecule has 0 saturated carbocycles. The lowest BCUT2D eigenvalue weighted by Crippen LogP contribution is -2.44. The molecule has 9 heteroatoms. The van der Waals surface area contributed by atoms with Crippen molar-refractivity contribution in [2.24, 2.45) is 0 Å². The molecule has 2 N–H and O–H groups in total. The van der Waals surface area contributed by atoms with Crippen molar-refractivity contribution in [1.82, 2.24) is 9.38 Å². The number of pyridine rings is 1. The highest BCUT2D eigenvalue weighted by molar-refractivity contribution is 8.24. The van der Waals surface area contributed by atoms with Crippen molar-refractivity contribution in [2.45, 2.75) is 12.2 Å². The predicted molar refractivity (Wildman–Crippen MR) is 90.0 cm³/mol. The van der Waals surface area contributed by atoms with Crippen molar-refractivity contribution in [3.63, 3.8) is 0 Å². The van der Waals surface area contributed by atoms with Crippen LogP contribution in [0.4, 0.5) is 5.82 Å². The van der Waals surface area contributed by atoms with E-state index in [4.69, 9.17) is 23.2 Å². The normalized spacial score (nSPS) is 22.8. The van der Waals surface area contributed by atoms with Crippen LogP contribution in [0.1, 0.15) is 17.3 Å². The van der Waals surface area contributed by atoms with E-state index in [1.54, 1.807) is 17.4 Å². The minimum Gasteiger partial charge on any atom is -0.354 e. The van der Waals surface area contributed by atoms with Crippen LogP contribution in [0.2, 0.25) is 10.2 Å². The van der Waals surface area contributed by atoms with Gasteiger partial charge in [0.1, 0.15) is 17.7 Å². The number of imidazole rings is 1. The maximum Gasteiger partial charge on any atom is 0.156 e. The number of anilines is 1. The van der Waals surface area contributed by atoms with E-state index in [2.05, 4.69) is 4.98 Å². The number of aldehydes is 1. The quantitative estimate of drug-likeness (QED) is 0.799. The van der Waals surface area contributed by atoms with E-state index in [0.717, 1.165) is 6.29 Å². The summed E-state index contributed by atoms with van der Waals surface area (Å²) in [5.41, 5.74) is 0.950. The molecule has 0 radical (unpaired) electrons. The summed E-state index contributed by atoms with van der Waals surface area (Å²) in [6, 6.07) is 1.56. The number of hydrogen-bond donors (Lipinski definition) is 2. The molecule has 0 aliphatic carbocycles. The average molecular weight is 364 g/mol. The summed E-state index contributed by atoms with van der Waals surface area (Å²) in [6.07, 6.45) is 2.25. The monoisotopic (exact) mass is 363 g/mol. The van der Waals surface area contributed by atoms with Gasteiger partial charge in [0.05, 0.1) is 21.6 Å². The molecule has 2 aromatic heterocycles. The van der Waals surface area contributed by atoms with Gasteiger partial charge in [0.2, 0.25) is 0 Å². The maximum atomic E-state index is 11.4. The summed E-state index contributed by atoms with van der Waals surface area (Å²) in [4.78, 5) is 17.4. The van der Waals surface area contributed by atoms with Crippen LogP contribution in [0.3, 0.4) is 0 Å². The molecule has 22 heavy (non-hydrogen) atoms. The Labute approximate surface area is 139 Å². The topological polar surface area (TPSA) is 78.1 Å². The lowest BCUT2D eigenvalue weighted by molar-refractivity contribution is 0.112. The smallest absolute Gasteiger partial charge is 0.156 e. The summed E-state index contributed by atoms with van der Waals surface area (Å²) < 4.78 is 21.6. The Hall–Kier alpha value is -0.990. The van der Waals surface area contributed by atoms with Crippen LogP contribution in [-0.2, 0) is 0 Å². The first kappa shape index (κ1) is 15.9. The minimum absolute atomic E-state index is 0.262. The Bertz CT molecular complexity index is 750. The van der Waals surface area contributed by atoms with Crippen LogP contribution in [-0.4, -0.2) is 48.9 Å². The molecular formula is C13H15Cl2N3O3S. The van der Waals surface area contributed by atoms with Gasteiger partial charge in [-0.3, -0.25) is 18.3 Å². The Morgan fingerprint density at radius 3 is 2.82 bits per heavy atom. The van der Waals surface area contributed by atoms with Gasteiger partial charge >= 0.3 is 0 Å². The van der Waals surface area contributed by atoms with Crippen molar-refractivity contribution in [3.8, 4) is 0 Å². The molecule has 0 aromatic carbocycles. The zero-order valence-corrected chi connectivity index (χ0v) is 14.1. The van der Waals surface area contributed by atoms with Gasteiger partial charge in [-0.2, -0.15) is 10.6 Å². The first-order chi connectivity index (χ1) is 10.3. The fourth-order valence-corrected chi connectivity index (χ4v) is 4.58. The van der Waals surface area contributed by atoms with Gasteiger partial charge in [-0.15, -0.1) is 0 Å². The van der Waals surface area contributed by atoms with E-state index < -0.39 is 10.6 Å². The van der Waals surface area contributed by atoms with E-state index in [1.807, 2.05) is 4.90 Å². The van der Waals surface area contributed by atoms with Gasteiger partial charge in [-0.05, 0) is 13.0 Å². The molecule has 2 aromatic rings. The highest BCUT2D eigenvalue weighted by atomic mass is 35.5. The SMILES string of the molecule is CC1CN(c2c(C=O)cc(Cl)c3c(Cl)ncn23)CCS1(O)O. The molecule has 1 aliphatic heterocycles. The highest BCUT2D eigenvalue weighted by Gasteiger charge is 2.32. The van der Waals surface area contributed by atoms with Crippen molar-refractivity contribution in [2.75, 3.05) is 23.7 Å². The summed E-state index contributed by atoms with van der Waals surface area (Å²) in [7, 11) is -2.59. The summed E-state index contributed by atoms with van der Waals surface area (Å²) in [6.45, 7) is 2.64. The van der Waals surface area contributed by atoms with E-state index in [1.165, 1.54) is 6.33 Å². The molecule has 1 aliphatic rings. The molecule has 1 fully saturated rings. The van der Waals surface area contributed by atoms with E-state index in [0.29, 0.717) is 35.0 Å². The maximum absolute atomic E-state index is 11.4. The van der Waals surface area contributed by atoms with Crippen LogP contribution in [0.25, 0.3) is 5.52 Å². The zero-order chi connectivity index (χ0) is 16.1. The molecule has 0 bridgehead atoms. The highest BCUT2D eigenvalue weighted by Crippen LogP contribution is 2.47. The third-order valence-electron chi connectivity index (χ3n) is 3.93. The molecule has 6 nitrogen and oxygen atoms in total. The van der Waals surface area contributed by atoms with Gasteiger partial charge in [0, 0.05) is 13.1 Å². The van der Waals surface area contributed by atoms with Crippen molar-refractivity contribution < 1.29 is 13.9 Å². The Kier molecular flexibility index (Phi) is 4.03. The van der Waals surface area contributed by atoms with Gasteiger partial charge in [-0.25, -0.2) is 4.98 Å². The second-order valence-corrected chi connectivity index (χ2v) is 8.73. The number of carbonyl (C=O) groups excluding carboxylic acids is 1. The van der Waals surface area contributed by atoms with Crippen LogP contribution in [0, 0.1) is 0 Å². The number of rotatable bonds is 2. The summed E-state index contributed by atoms with van der Waals surface area (Å²) in [5, 5.41) is 0.325. The van der Waals surface area contributed by atoms with Crippen LogP contribution in [0.5, 0.6) is 0 Å². The van der Waals surface area contributed by atoms with Crippen LogP contribution in [0.15, 0.2) is 12.4 Å². The second-order valence-electron chi connectivity index (χ2n) is 5.32. The third-order valence-corrected chi connectivity index (χ3v) is 6.71. The first-order valence-electron chi connectivity index (χ1n) is 6.65. The van der Waals surface area contributed by atoms with Crippen molar-refractivity contribution >= 4 is 51.4 Å². The average Bonchev–Trinajstić information content (AvgIpc) is 2.84. The molecule has 120 valence electrons. The van der Waals surface area contributed by atoms with Gasteiger partial charge in [0.15, 0.2) is 11.4 Å². The third kappa shape index (κ3) is 2.47. The van der Waals surface area contributed by atoms with Crippen molar-refractivity contribution in [1.29, 1.82) is 0 Å². The van der Waals surface area contributed by atoms with Crippen LogP contribution >= 0.6 is 33.8 Å². The lowest BCUT2D eigenvalue weighted by Gasteiger charge is -2.47. The van der Waals surface area contributed by atoms with Gasteiger partial charge in [-0.1, -0.05) is 23.2 Å². The van der Waals surface area contributed by atoms with E-state index in [-0.39, 0.29) is 16.2 Å². The fourth-order valence-electron chi connectivity index (χ4n) is 2.69. The summed E-state index contributed by atoms with van der Waals surface area (Å²) in [5.74, 6) is 0.884. The van der Waals surface area contributed by atoms with Crippen LogP contribution < -0.4 is 4.90 Å². The molecule has 3 rings (SSSR count). The van der Waals surface area contributed by atoms with Gasteiger partial charge < -0.3 is 4.90 Å². The fraction of sp³-hybridized carbons (Fsp3) is 0.385. The molecular weight excluding hydrogens is 349 g/mol. The second kappa shape index (κ2) is 5.58. The Balaban J connectivity index is 2.14. The Morgan fingerprint density at radius 1 is 1.45 bits per heavy atom. The predicted octanol–water partition coefficient (Wildman–Crippen LogP) is 3.41. The van der Waals surface area contributed by atoms with E-state index >= 15 is 0 Å². The molecule has 0 spiro atoms. The van der Waals surface area contributed by atoms with Crippen molar-refractivity contribution in [3.05, 3.63) is 28.1 Å². The lowest BCUT2D eigenvalue weighted by atomic mass is 10.2. The molecule has 1 unspecified atom stereocenters. The number of carbonyl (C=O) groups is 1. The minimum atomic E-state index is -2.59. The number of aromatic nitrogens is 2. The number of nitrogens with zero attached hydrogens (tertiary/aromatic N) is 3. The molecule has 1 atom stereocenters. The first-order valence-corrected chi connectivity index (χ1v) is 9.18. The zero-order valence-electron chi connectivity index (χ0n) is 11.7. The number of halogens is 2. The molecule has 1 saturated heterocycles. The van der Waals surface area contributed by atoms with Gasteiger partial charge in [0.25, 0.3) is 0 Å². The molecule has 3 heterocycles. The number of hydrogen-bond acceptors (Lipinski definition) is 5. The number of fused-ring (bicyclic) bond motifs is 1.